The molecular weight excluding hydrogens is 255 g/mol. The maximum absolute atomic E-state index is 13.2. The van der Waals surface area contributed by atoms with Crippen molar-refractivity contribution in [2.24, 2.45) is 0 Å². The van der Waals surface area contributed by atoms with E-state index < -0.39 is 0 Å². The Bertz CT molecular complexity index is 327. The highest BCUT2D eigenvalue weighted by Crippen LogP contribution is 2.19. The Balaban J connectivity index is 2.91. The monoisotopic (exact) mass is 262 g/mol. The van der Waals surface area contributed by atoms with Gasteiger partial charge in [-0.05, 0) is 39.9 Å². The van der Waals surface area contributed by atoms with Gasteiger partial charge in [0.05, 0.1) is 0 Å². The smallest absolute Gasteiger partial charge is 0.202 e. The Morgan fingerprint density at radius 3 is 2.77 bits per heavy atom. The number of benzene rings is 1. The predicted octanol–water partition coefficient (Wildman–Crippen LogP) is 3.01. The van der Waals surface area contributed by atoms with Crippen molar-refractivity contribution in [3.8, 4) is 0 Å². The van der Waals surface area contributed by atoms with Gasteiger partial charge in [0.2, 0.25) is 4.69 Å². The van der Waals surface area contributed by atoms with Gasteiger partial charge in [-0.25, -0.2) is 4.39 Å². The van der Waals surface area contributed by atoms with Crippen LogP contribution in [0.1, 0.15) is 5.56 Å². The van der Waals surface area contributed by atoms with Crippen LogP contribution in [-0.2, 0) is 11.2 Å². The van der Waals surface area contributed by atoms with Gasteiger partial charge in [-0.15, -0.1) is 11.8 Å². The summed E-state index contributed by atoms with van der Waals surface area (Å²) < 4.78 is 13.0. The summed E-state index contributed by atoms with van der Waals surface area (Å²) in [7, 11) is 0. The zero-order valence-electron chi connectivity index (χ0n) is 7.01. The summed E-state index contributed by atoms with van der Waals surface area (Å²) in [6.45, 7) is 0. The lowest BCUT2D eigenvalue weighted by molar-refractivity contribution is -0.109. The second-order valence-corrected chi connectivity index (χ2v) is 4.25. The van der Waals surface area contributed by atoms with E-state index in [2.05, 4.69) is 15.9 Å². The minimum atomic E-state index is -0.320. The van der Waals surface area contributed by atoms with Gasteiger partial charge in [0, 0.05) is 11.3 Å². The first-order valence-electron chi connectivity index (χ1n) is 3.64. The van der Waals surface area contributed by atoms with Crippen LogP contribution in [0.4, 0.5) is 4.39 Å². The van der Waals surface area contributed by atoms with Gasteiger partial charge < -0.3 is 0 Å². The van der Waals surface area contributed by atoms with Crippen molar-refractivity contribution in [1.82, 2.24) is 0 Å². The van der Waals surface area contributed by atoms with Crippen molar-refractivity contribution in [3.63, 3.8) is 0 Å². The highest BCUT2D eigenvalue weighted by Gasteiger charge is 2.06. The van der Waals surface area contributed by atoms with E-state index in [0.29, 0.717) is 5.56 Å². The summed E-state index contributed by atoms with van der Waals surface area (Å²) in [5, 5.41) is 0. The van der Waals surface area contributed by atoms with Gasteiger partial charge >= 0.3 is 0 Å². The van der Waals surface area contributed by atoms with Crippen molar-refractivity contribution in [1.29, 1.82) is 0 Å². The third-order valence-electron chi connectivity index (χ3n) is 1.59. The number of rotatable bonds is 3. The Morgan fingerprint density at radius 1 is 1.62 bits per heavy atom. The minimum absolute atomic E-state index is 0.0977. The standard InChI is InChI=1S/C9H8BrFOS/c1-13-7-3-2-6(4-9(10)12)8(11)5-7/h2-3,5H,4H2,1H3. The Labute approximate surface area is 88.8 Å². The average Bonchev–Trinajstić information content (AvgIpc) is 2.08. The van der Waals surface area contributed by atoms with Crippen LogP contribution in [0.15, 0.2) is 23.1 Å². The van der Waals surface area contributed by atoms with E-state index in [9.17, 15) is 9.18 Å². The Hall–Kier alpha value is -0.350. The molecule has 0 aliphatic rings. The highest BCUT2D eigenvalue weighted by molar-refractivity contribution is 9.18. The molecule has 0 aromatic heterocycles. The molecule has 0 radical (unpaired) electrons. The largest absolute Gasteiger partial charge is 0.286 e. The zero-order valence-corrected chi connectivity index (χ0v) is 9.41. The molecule has 0 saturated carbocycles. The maximum atomic E-state index is 13.2. The van der Waals surface area contributed by atoms with Crippen LogP contribution in [0.25, 0.3) is 0 Å². The molecule has 0 aliphatic carbocycles. The second kappa shape index (κ2) is 4.77. The number of hydrogen-bond acceptors (Lipinski definition) is 2. The molecular formula is C9H8BrFOS. The molecule has 1 nitrogen and oxygen atoms in total. The quantitative estimate of drug-likeness (QED) is 0.616. The molecule has 0 aliphatic heterocycles. The molecule has 0 saturated heterocycles. The number of halogens is 2. The second-order valence-electron chi connectivity index (χ2n) is 2.49. The fourth-order valence-electron chi connectivity index (χ4n) is 0.948. The molecule has 1 aromatic carbocycles. The SMILES string of the molecule is CSc1ccc(CC(=O)Br)c(F)c1. The number of carbonyl (C=O) groups excluding carboxylic acids is 1. The first kappa shape index (κ1) is 10.7. The Morgan fingerprint density at radius 2 is 2.31 bits per heavy atom. The molecule has 0 spiro atoms. The molecule has 4 heteroatoms. The van der Waals surface area contributed by atoms with Crippen molar-refractivity contribution in [2.45, 2.75) is 11.3 Å². The van der Waals surface area contributed by atoms with Gasteiger partial charge in [-0.2, -0.15) is 0 Å². The van der Waals surface area contributed by atoms with E-state index in [1.165, 1.54) is 17.8 Å². The molecule has 0 bridgehead atoms. The highest BCUT2D eigenvalue weighted by atomic mass is 79.9. The van der Waals surface area contributed by atoms with E-state index in [-0.39, 0.29) is 16.9 Å². The van der Waals surface area contributed by atoms with E-state index >= 15 is 0 Å². The van der Waals surface area contributed by atoms with Gasteiger partial charge in [0.15, 0.2) is 0 Å². The van der Waals surface area contributed by atoms with E-state index in [0.717, 1.165) is 4.90 Å². The third-order valence-corrected chi connectivity index (χ3v) is 2.60. The topological polar surface area (TPSA) is 17.1 Å². The van der Waals surface area contributed by atoms with Crippen LogP contribution in [0.3, 0.4) is 0 Å². The fraction of sp³-hybridized carbons (Fsp3) is 0.222. The molecule has 13 heavy (non-hydrogen) atoms. The predicted molar refractivity (Wildman–Crippen MR) is 55.8 cm³/mol. The van der Waals surface area contributed by atoms with Crippen LogP contribution >= 0.6 is 27.7 Å². The summed E-state index contributed by atoms with van der Waals surface area (Å²) in [6, 6.07) is 4.88. The van der Waals surface area contributed by atoms with E-state index in [1.807, 2.05) is 6.26 Å². The van der Waals surface area contributed by atoms with Crippen LogP contribution in [0.5, 0.6) is 0 Å². The summed E-state index contributed by atoms with van der Waals surface area (Å²) in [5.74, 6) is -0.320. The summed E-state index contributed by atoms with van der Waals surface area (Å²) in [6.07, 6.45) is 1.98. The van der Waals surface area contributed by atoms with Gasteiger partial charge in [-0.1, -0.05) is 6.07 Å². The summed E-state index contributed by atoms with van der Waals surface area (Å²) in [5.41, 5.74) is 0.430. The average molecular weight is 263 g/mol. The number of carbonyl (C=O) groups is 1. The normalized spacial score (nSPS) is 10.1. The first-order valence-corrected chi connectivity index (χ1v) is 5.66. The maximum Gasteiger partial charge on any atom is 0.202 e. The van der Waals surface area contributed by atoms with Crippen LogP contribution in [0.2, 0.25) is 0 Å². The van der Waals surface area contributed by atoms with E-state index in [4.69, 9.17) is 0 Å². The molecule has 0 unspecified atom stereocenters. The summed E-state index contributed by atoms with van der Waals surface area (Å²) >= 11 is 4.24. The number of hydrogen-bond donors (Lipinski definition) is 0. The fourth-order valence-corrected chi connectivity index (χ4v) is 1.68. The molecule has 0 fully saturated rings. The third kappa shape index (κ3) is 3.12. The van der Waals surface area contributed by atoms with Crippen molar-refractivity contribution in [2.75, 3.05) is 6.26 Å². The van der Waals surface area contributed by atoms with Gasteiger partial charge in [0.1, 0.15) is 5.82 Å². The van der Waals surface area contributed by atoms with Crippen LogP contribution in [0, 0.1) is 5.82 Å². The number of thioether (sulfide) groups is 1. The lowest BCUT2D eigenvalue weighted by Crippen LogP contribution is -1.96. The molecule has 0 atom stereocenters. The molecule has 0 N–H and O–H groups in total. The molecule has 0 amide bonds. The van der Waals surface area contributed by atoms with Crippen molar-refractivity contribution < 1.29 is 9.18 Å². The lowest BCUT2D eigenvalue weighted by atomic mass is 10.1. The van der Waals surface area contributed by atoms with Gasteiger partial charge in [0.25, 0.3) is 0 Å². The minimum Gasteiger partial charge on any atom is -0.286 e. The molecule has 0 heterocycles. The first-order chi connectivity index (χ1) is 6.13. The van der Waals surface area contributed by atoms with Crippen LogP contribution < -0.4 is 0 Å². The zero-order chi connectivity index (χ0) is 9.84. The molecule has 70 valence electrons. The van der Waals surface area contributed by atoms with E-state index in [1.54, 1.807) is 12.1 Å². The Kier molecular flexibility index (Phi) is 3.93. The lowest BCUT2D eigenvalue weighted by Gasteiger charge is -2.01. The molecule has 1 aromatic rings. The van der Waals surface area contributed by atoms with Gasteiger partial charge in [-0.3, -0.25) is 4.79 Å². The van der Waals surface area contributed by atoms with Crippen molar-refractivity contribution in [3.05, 3.63) is 29.6 Å². The van der Waals surface area contributed by atoms with Crippen LogP contribution in [-0.4, -0.2) is 10.9 Å². The van der Waals surface area contributed by atoms with Crippen molar-refractivity contribution >= 4 is 32.4 Å². The summed E-state index contributed by atoms with van der Waals surface area (Å²) in [4.78, 5) is 11.5. The molecule has 1 rings (SSSR count).